The molecule has 1 saturated carbocycles. The summed E-state index contributed by atoms with van der Waals surface area (Å²) in [7, 11) is 0. The second-order valence-corrected chi connectivity index (χ2v) is 5.59. The van der Waals surface area contributed by atoms with Gasteiger partial charge in [0.25, 0.3) is 0 Å². The van der Waals surface area contributed by atoms with Gasteiger partial charge < -0.3 is 9.67 Å². The number of pyridine rings is 1. The maximum atomic E-state index is 10.9. The Bertz CT molecular complexity index is 615. The molecule has 0 atom stereocenters. The summed E-state index contributed by atoms with van der Waals surface area (Å²) in [6.07, 6.45) is 11.4. The summed E-state index contributed by atoms with van der Waals surface area (Å²) in [6, 6.07) is 1.54. The minimum Gasteiger partial charge on any atom is -0.477 e. The highest BCUT2D eigenvalue weighted by Crippen LogP contribution is 2.27. The first kappa shape index (κ1) is 13.1. The number of hydrogen-bond acceptors (Lipinski definition) is 3. The smallest absolute Gasteiger partial charge is 0.354 e. The minimum absolute atomic E-state index is 0.0510. The van der Waals surface area contributed by atoms with Crippen molar-refractivity contribution in [2.45, 2.75) is 45.1 Å². The van der Waals surface area contributed by atoms with Gasteiger partial charge in [-0.25, -0.2) is 14.8 Å². The van der Waals surface area contributed by atoms with E-state index in [0.29, 0.717) is 5.52 Å². The molecule has 2 aromatic heterocycles. The molecule has 1 aliphatic rings. The van der Waals surface area contributed by atoms with Crippen LogP contribution in [0.1, 0.15) is 49.0 Å². The largest absolute Gasteiger partial charge is 0.477 e. The number of imidazole rings is 1. The van der Waals surface area contributed by atoms with Crippen molar-refractivity contribution < 1.29 is 9.90 Å². The first-order chi connectivity index (χ1) is 9.74. The van der Waals surface area contributed by atoms with E-state index < -0.39 is 5.97 Å². The van der Waals surface area contributed by atoms with Crippen molar-refractivity contribution >= 4 is 17.0 Å². The molecule has 3 rings (SSSR count). The predicted octanol–water partition coefficient (Wildman–Crippen LogP) is 3.10. The summed E-state index contributed by atoms with van der Waals surface area (Å²) >= 11 is 0. The van der Waals surface area contributed by atoms with Crippen molar-refractivity contribution in [2.75, 3.05) is 0 Å². The average molecular weight is 273 g/mol. The van der Waals surface area contributed by atoms with E-state index in [1.807, 2.05) is 0 Å². The van der Waals surface area contributed by atoms with E-state index in [0.717, 1.165) is 18.0 Å². The second kappa shape index (κ2) is 5.61. The molecule has 0 saturated heterocycles. The summed E-state index contributed by atoms with van der Waals surface area (Å²) in [6.45, 7) is 0.940. The van der Waals surface area contributed by atoms with Gasteiger partial charge in [-0.05, 0) is 18.4 Å². The van der Waals surface area contributed by atoms with Crippen molar-refractivity contribution in [3.63, 3.8) is 0 Å². The molecule has 106 valence electrons. The normalized spacial score (nSPS) is 16.6. The van der Waals surface area contributed by atoms with Crippen LogP contribution in [0.4, 0.5) is 0 Å². The van der Waals surface area contributed by atoms with E-state index in [-0.39, 0.29) is 5.69 Å². The first-order valence-electron chi connectivity index (χ1n) is 7.28. The molecule has 5 nitrogen and oxygen atoms in total. The highest BCUT2D eigenvalue weighted by Gasteiger charge is 2.14. The maximum Gasteiger partial charge on any atom is 0.354 e. The fraction of sp³-hybridized carbons (Fsp3) is 0.533. The van der Waals surface area contributed by atoms with E-state index in [1.54, 1.807) is 12.5 Å². The Labute approximate surface area is 117 Å². The van der Waals surface area contributed by atoms with Gasteiger partial charge >= 0.3 is 5.97 Å². The molecule has 1 N–H and O–H groups in total. The van der Waals surface area contributed by atoms with Crippen molar-refractivity contribution in [2.24, 2.45) is 5.92 Å². The number of carbonyl (C=O) groups is 1. The monoisotopic (exact) mass is 273 g/mol. The van der Waals surface area contributed by atoms with Gasteiger partial charge in [-0.1, -0.05) is 32.1 Å². The number of carboxylic acids is 1. The number of carboxylic acid groups (broad SMARTS) is 1. The van der Waals surface area contributed by atoms with Crippen LogP contribution in [-0.2, 0) is 6.54 Å². The van der Waals surface area contributed by atoms with Crippen LogP contribution in [0.2, 0.25) is 0 Å². The third-order valence-electron chi connectivity index (χ3n) is 4.23. The summed E-state index contributed by atoms with van der Waals surface area (Å²) in [5, 5.41) is 8.93. The third-order valence-corrected chi connectivity index (χ3v) is 4.23. The molecule has 0 aromatic carbocycles. The number of aromatic carboxylic acids is 1. The standard InChI is InChI=1S/C15H19N3O2/c19-15(20)13-8-12-14(9-16-13)18(10-17-12)7-6-11-4-2-1-3-5-11/h8-11H,1-7H2,(H,19,20). The Balaban J connectivity index is 1.73. The van der Waals surface area contributed by atoms with Crippen LogP contribution in [-0.4, -0.2) is 25.6 Å². The zero-order valence-corrected chi connectivity index (χ0v) is 11.5. The van der Waals surface area contributed by atoms with Crippen molar-refractivity contribution in [1.29, 1.82) is 0 Å². The van der Waals surface area contributed by atoms with Crippen molar-refractivity contribution in [3.05, 3.63) is 24.3 Å². The fourth-order valence-corrected chi connectivity index (χ4v) is 3.05. The SMILES string of the molecule is O=C(O)c1cc2ncn(CCC3CCCCC3)c2cn1. The molecular weight excluding hydrogens is 254 g/mol. The van der Waals surface area contributed by atoms with E-state index in [9.17, 15) is 4.79 Å². The topological polar surface area (TPSA) is 68.0 Å². The zero-order chi connectivity index (χ0) is 13.9. The molecule has 0 aliphatic heterocycles. The molecule has 5 heteroatoms. The number of fused-ring (bicyclic) bond motifs is 1. The van der Waals surface area contributed by atoms with Gasteiger partial charge in [-0.3, -0.25) is 0 Å². The molecule has 0 spiro atoms. The Kier molecular flexibility index (Phi) is 3.67. The van der Waals surface area contributed by atoms with E-state index >= 15 is 0 Å². The Morgan fingerprint density at radius 1 is 1.30 bits per heavy atom. The van der Waals surface area contributed by atoms with Crippen LogP contribution in [0, 0.1) is 5.92 Å². The minimum atomic E-state index is -1.01. The highest BCUT2D eigenvalue weighted by atomic mass is 16.4. The van der Waals surface area contributed by atoms with Crippen molar-refractivity contribution in [3.8, 4) is 0 Å². The van der Waals surface area contributed by atoms with E-state index in [2.05, 4.69) is 14.5 Å². The van der Waals surface area contributed by atoms with Gasteiger partial charge in [-0.2, -0.15) is 0 Å². The van der Waals surface area contributed by atoms with Crippen LogP contribution < -0.4 is 0 Å². The van der Waals surface area contributed by atoms with Gasteiger partial charge in [0, 0.05) is 6.54 Å². The fourth-order valence-electron chi connectivity index (χ4n) is 3.05. The molecule has 0 amide bonds. The van der Waals surface area contributed by atoms with E-state index in [4.69, 9.17) is 5.11 Å². The number of hydrogen-bond donors (Lipinski definition) is 1. The van der Waals surface area contributed by atoms with Crippen LogP contribution in [0.3, 0.4) is 0 Å². The molecule has 0 unspecified atom stereocenters. The summed E-state index contributed by atoms with van der Waals surface area (Å²) in [5.74, 6) is -0.184. The van der Waals surface area contributed by atoms with Gasteiger partial charge in [0.2, 0.25) is 0 Å². The number of nitrogens with zero attached hydrogens (tertiary/aromatic N) is 3. The number of aromatic nitrogens is 3. The van der Waals surface area contributed by atoms with E-state index in [1.165, 1.54) is 44.6 Å². The maximum absolute atomic E-state index is 10.9. The average Bonchev–Trinajstić information content (AvgIpc) is 2.88. The van der Waals surface area contributed by atoms with Crippen LogP contribution >= 0.6 is 0 Å². The molecule has 0 radical (unpaired) electrons. The Morgan fingerprint density at radius 3 is 2.85 bits per heavy atom. The van der Waals surface area contributed by atoms with Crippen LogP contribution in [0.15, 0.2) is 18.6 Å². The quantitative estimate of drug-likeness (QED) is 0.929. The number of rotatable bonds is 4. The van der Waals surface area contributed by atoms with Gasteiger partial charge in [-0.15, -0.1) is 0 Å². The van der Waals surface area contributed by atoms with Gasteiger partial charge in [0.1, 0.15) is 5.69 Å². The molecular formula is C15H19N3O2. The molecule has 20 heavy (non-hydrogen) atoms. The van der Waals surface area contributed by atoms with Crippen LogP contribution in [0.5, 0.6) is 0 Å². The lowest BCUT2D eigenvalue weighted by Gasteiger charge is -2.21. The number of aryl methyl sites for hydroxylation is 1. The predicted molar refractivity (Wildman–Crippen MR) is 75.7 cm³/mol. The lowest BCUT2D eigenvalue weighted by Crippen LogP contribution is -2.09. The van der Waals surface area contributed by atoms with Gasteiger partial charge in [0.15, 0.2) is 0 Å². The Hall–Kier alpha value is -1.91. The summed E-state index contributed by atoms with van der Waals surface area (Å²) < 4.78 is 2.09. The Morgan fingerprint density at radius 2 is 2.10 bits per heavy atom. The van der Waals surface area contributed by atoms with Crippen molar-refractivity contribution in [1.82, 2.24) is 14.5 Å². The molecule has 2 aromatic rings. The molecule has 0 bridgehead atoms. The third kappa shape index (κ3) is 2.66. The van der Waals surface area contributed by atoms with Crippen LogP contribution in [0.25, 0.3) is 11.0 Å². The molecule has 2 heterocycles. The molecule has 1 aliphatic carbocycles. The first-order valence-corrected chi connectivity index (χ1v) is 7.28. The molecule has 1 fully saturated rings. The lowest BCUT2D eigenvalue weighted by molar-refractivity contribution is 0.0690. The zero-order valence-electron chi connectivity index (χ0n) is 11.5. The van der Waals surface area contributed by atoms with Gasteiger partial charge in [0.05, 0.1) is 23.6 Å². The second-order valence-electron chi connectivity index (χ2n) is 5.59. The summed E-state index contributed by atoms with van der Waals surface area (Å²) in [4.78, 5) is 19.1. The highest BCUT2D eigenvalue weighted by molar-refractivity contribution is 5.89. The lowest BCUT2D eigenvalue weighted by atomic mass is 9.87. The summed E-state index contributed by atoms with van der Waals surface area (Å²) in [5.41, 5.74) is 1.68.